The van der Waals surface area contributed by atoms with E-state index >= 15 is 0 Å². The molecule has 2 N–H and O–H groups in total. The Balaban J connectivity index is 1.83. The van der Waals surface area contributed by atoms with Crippen molar-refractivity contribution in [3.05, 3.63) is 91.6 Å². The van der Waals surface area contributed by atoms with Crippen LogP contribution in [0.25, 0.3) is 11.2 Å². The molecule has 0 unspecified atom stereocenters. The normalized spacial score (nSPS) is 11.4. The number of nitrogens with zero attached hydrogens (tertiary/aromatic N) is 4. The lowest BCUT2D eigenvalue weighted by molar-refractivity contribution is 0.804. The highest BCUT2D eigenvalue weighted by Gasteiger charge is 2.18. The third kappa shape index (κ3) is 3.67. The van der Waals surface area contributed by atoms with Gasteiger partial charge < -0.3 is 0 Å². The first-order valence-corrected chi connectivity index (χ1v) is 9.54. The molecule has 0 bridgehead atoms. The van der Waals surface area contributed by atoms with Crippen LogP contribution in [0.1, 0.15) is 22.3 Å². The summed E-state index contributed by atoms with van der Waals surface area (Å²) >= 11 is 0. The van der Waals surface area contributed by atoms with Gasteiger partial charge in [0.1, 0.15) is 0 Å². The van der Waals surface area contributed by atoms with E-state index in [1.165, 1.54) is 4.57 Å². The maximum Gasteiger partial charge on any atom is 0.329 e. The van der Waals surface area contributed by atoms with E-state index in [4.69, 9.17) is 0 Å². The second kappa shape index (κ2) is 7.82. The number of fused-ring (bicyclic) bond motifs is 1. The predicted molar refractivity (Wildman–Crippen MR) is 118 cm³/mol. The quantitative estimate of drug-likeness (QED) is 0.396. The van der Waals surface area contributed by atoms with Crippen molar-refractivity contribution < 1.29 is 0 Å². The van der Waals surface area contributed by atoms with Crippen LogP contribution in [0.15, 0.2) is 63.2 Å². The summed E-state index contributed by atoms with van der Waals surface area (Å²) in [7, 11) is 1.58. The second-order valence-electron chi connectivity index (χ2n) is 7.22. The van der Waals surface area contributed by atoms with E-state index in [1.54, 1.807) is 17.8 Å². The largest absolute Gasteiger partial charge is 0.329 e. The molecule has 0 fully saturated rings. The summed E-state index contributed by atoms with van der Waals surface area (Å²) in [6.45, 7) is 4.46. The minimum absolute atomic E-state index is 0.298. The van der Waals surface area contributed by atoms with Gasteiger partial charge in [0.2, 0.25) is 5.95 Å². The van der Waals surface area contributed by atoms with Gasteiger partial charge in [-0.3, -0.25) is 18.9 Å². The molecule has 0 saturated carbocycles. The molecule has 2 heterocycles. The fourth-order valence-electron chi connectivity index (χ4n) is 3.32. The lowest BCUT2D eigenvalue weighted by atomic mass is 10.1. The summed E-state index contributed by atoms with van der Waals surface area (Å²) in [5, 5.41) is 4.27. The fourth-order valence-corrected chi connectivity index (χ4v) is 3.32. The van der Waals surface area contributed by atoms with E-state index in [1.807, 2.05) is 56.3 Å². The van der Waals surface area contributed by atoms with Crippen LogP contribution in [0, 0.1) is 13.8 Å². The predicted octanol–water partition coefficient (Wildman–Crippen LogP) is 2.53. The molecule has 0 saturated heterocycles. The van der Waals surface area contributed by atoms with E-state index in [-0.39, 0.29) is 0 Å². The number of benzene rings is 2. The summed E-state index contributed by atoms with van der Waals surface area (Å²) in [6, 6.07) is 15.8. The van der Waals surface area contributed by atoms with Gasteiger partial charge in [-0.05, 0) is 30.5 Å². The summed E-state index contributed by atoms with van der Waals surface area (Å²) in [5.74, 6) is 0.379. The number of rotatable bonds is 5. The molecule has 2 aromatic heterocycles. The lowest BCUT2D eigenvalue weighted by Crippen LogP contribution is -2.29. The van der Waals surface area contributed by atoms with E-state index in [0.717, 1.165) is 22.3 Å². The van der Waals surface area contributed by atoms with Gasteiger partial charge in [-0.25, -0.2) is 10.2 Å². The molecule has 30 heavy (non-hydrogen) atoms. The number of aryl methyl sites for hydroxylation is 3. The van der Waals surface area contributed by atoms with Crippen molar-refractivity contribution >= 4 is 23.3 Å². The maximum absolute atomic E-state index is 12.6. The van der Waals surface area contributed by atoms with E-state index in [0.29, 0.717) is 23.7 Å². The molecular formula is C22H22N6O2. The van der Waals surface area contributed by atoms with Gasteiger partial charge in [-0.1, -0.05) is 54.1 Å². The second-order valence-corrected chi connectivity index (χ2v) is 7.22. The molecule has 0 aliphatic rings. The molecule has 2 aromatic carbocycles. The minimum Gasteiger partial charge on any atom is -0.298 e. The SMILES string of the molecule is Cc1ccc(C)c(Cn2c(N/N=C/c3ccccc3)nc3c2c(=O)[nH]c(=O)n3C)c1. The Hall–Kier alpha value is -3.94. The molecule has 8 nitrogen and oxygen atoms in total. The van der Waals surface area contributed by atoms with Gasteiger partial charge in [0, 0.05) is 7.05 Å². The van der Waals surface area contributed by atoms with Crippen LogP contribution in [-0.4, -0.2) is 25.3 Å². The van der Waals surface area contributed by atoms with Crippen LogP contribution < -0.4 is 16.7 Å². The van der Waals surface area contributed by atoms with Gasteiger partial charge in [-0.2, -0.15) is 10.1 Å². The third-order valence-electron chi connectivity index (χ3n) is 5.02. The Morgan fingerprint density at radius 1 is 1.13 bits per heavy atom. The first-order valence-electron chi connectivity index (χ1n) is 9.54. The van der Waals surface area contributed by atoms with Crippen molar-refractivity contribution in [1.29, 1.82) is 0 Å². The topological polar surface area (TPSA) is 97.1 Å². The number of hydrogen-bond donors (Lipinski definition) is 2. The zero-order valence-corrected chi connectivity index (χ0v) is 17.0. The molecule has 152 valence electrons. The number of hydrazone groups is 1. The van der Waals surface area contributed by atoms with Crippen molar-refractivity contribution in [3.63, 3.8) is 0 Å². The van der Waals surface area contributed by atoms with Crippen molar-refractivity contribution in [2.24, 2.45) is 12.1 Å². The van der Waals surface area contributed by atoms with Crippen LogP contribution in [0.5, 0.6) is 0 Å². The van der Waals surface area contributed by atoms with E-state index in [2.05, 4.69) is 26.6 Å². The van der Waals surface area contributed by atoms with Gasteiger partial charge in [-0.15, -0.1) is 0 Å². The Morgan fingerprint density at radius 2 is 1.90 bits per heavy atom. The zero-order chi connectivity index (χ0) is 21.3. The van der Waals surface area contributed by atoms with Crippen molar-refractivity contribution in [2.75, 3.05) is 5.43 Å². The molecular weight excluding hydrogens is 380 g/mol. The van der Waals surface area contributed by atoms with Crippen LogP contribution in [0.4, 0.5) is 5.95 Å². The third-order valence-corrected chi connectivity index (χ3v) is 5.02. The first kappa shape index (κ1) is 19.4. The fraction of sp³-hybridized carbons (Fsp3) is 0.182. The highest BCUT2D eigenvalue weighted by Crippen LogP contribution is 2.20. The molecule has 0 amide bonds. The molecule has 0 atom stereocenters. The first-order chi connectivity index (χ1) is 14.4. The molecule has 0 aliphatic heterocycles. The Morgan fingerprint density at radius 3 is 2.67 bits per heavy atom. The van der Waals surface area contributed by atoms with Crippen molar-refractivity contribution in [1.82, 2.24) is 19.1 Å². The Kier molecular flexibility index (Phi) is 5.05. The number of imidazole rings is 1. The number of hydrogen-bond acceptors (Lipinski definition) is 5. The lowest BCUT2D eigenvalue weighted by Gasteiger charge is -2.11. The summed E-state index contributed by atoms with van der Waals surface area (Å²) in [6.07, 6.45) is 1.67. The molecule has 0 radical (unpaired) electrons. The summed E-state index contributed by atoms with van der Waals surface area (Å²) < 4.78 is 3.07. The van der Waals surface area contributed by atoms with E-state index < -0.39 is 11.2 Å². The summed E-state index contributed by atoms with van der Waals surface area (Å²) in [5.41, 5.74) is 6.75. The maximum atomic E-state index is 12.6. The number of anilines is 1. The highest BCUT2D eigenvalue weighted by molar-refractivity contribution is 5.80. The van der Waals surface area contributed by atoms with Gasteiger partial charge in [0.15, 0.2) is 11.2 Å². The van der Waals surface area contributed by atoms with Gasteiger partial charge >= 0.3 is 5.69 Å². The number of aromatic amines is 1. The van der Waals surface area contributed by atoms with Gasteiger partial charge in [0.25, 0.3) is 5.56 Å². The van der Waals surface area contributed by atoms with Crippen molar-refractivity contribution in [2.45, 2.75) is 20.4 Å². The summed E-state index contributed by atoms with van der Waals surface area (Å²) in [4.78, 5) is 31.5. The molecule has 4 rings (SSSR count). The molecule has 8 heteroatoms. The average molecular weight is 402 g/mol. The van der Waals surface area contributed by atoms with Crippen LogP contribution in [0.3, 0.4) is 0 Å². The average Bonchev–Trinajstić information content (AvgIpc) is 3.09. The van der Waals surface area contributed by atoms with E-state index in [9.17, 15) is 9.59 Å². The highest BCUT2D eigenvalue weighted by atomic mass is 16.2. The van der Waals surface area contributed by atoms with Gasteiger partial charge in [0.05, 0.1) is 12.8 Å². The molecule has 4 aromatic rings. The Labute approximate surface area is 172 Å². The monoisotopic (exact) mass is 402 g/mol. The standard InChI is InChI=1S/C22H22N6O2/c1-14-9-10-15(2)17(11-14)13-28-18-19(27(3)22(30)25-20(18)29)24-21(28)26-23-12-16-7-5-4-6-8-16/h4-12H,13H2,1-3H3,(H,24,26)(H,25,29,30)/b23-12+. The minimum atomic E-state index is -0.511. The van der Waals surface area contributed by atoms with Crippen LogP contribution >= 0.6 is 0 Å². The number of nitrogens with one attached hydrogen (secondary N) is 2. The smallest absolute Gasteiger partial charge is 0.298 e. The number of aromatic nitrogens is 4. The number of H-pyrrole nitrogens is 1. The zero-order valence-electron chi connectivity index (χ0n) is 17.0. The van der Waals surface area contributed by atoms with Crippen LogP contribution in [-0.2, 0) is 13.6 Å². The van der Waals surface area contributed by atoms with Crippen molar-refractivity contribution in [3.8, 4) is 0 Å². The molecule has 0 aliphatic carbocycles. The van der Waals surface area contributed by atoms with Crippen LogP contribution in [0.2, 0.25) is 0 Å². The molecule has 0 spiro atoms. The Bertz CT molecular complexity index is 1360.